The molecule has 9 heteroatoms. The molecule has 0 saturated carbocycles. The largest absolute Gasteiger partial charge is 0.493 e. The fourth-order valence-corrected chi connectivity index (χ4v) is 4.37. The van der Waals surface area contributed by atoms with Crippen molar-refractivity contribution in [3.63, 3.8) is 0 Å². The minimum Gasteiger partial charge on any atom is -0.493 e. The van der Waals surface area contributed by atoms with Gasteiger partial charge < -0.3 is 28.4 Å². The molecule has 1 heterocycles. The quantitative estimate of drug-likeness (QED) is 0.191. The van der Waals surface area contributed by atoms with Crippen molar-refractivity contribution < 1.29 is 38.4 Å². The highest BCUT2D eigenvalue weighted by Gasteiger charge is 2.31. The molecule has 1 aliphatic heterocycles. The highest BCUT2D eigenvalue weighted by molar-refractivity contribution is 5.76. The van der Waals surface area contributed by atoms with Gasteiger partial charge in [0, 0.05) is 30.4 Å². The Balaban J connectivity index is 1.91. The van der Waals surface area contributed by atoms with Gasteiger partial charge in [-0.15, -0.1) is 5.06 Å². The third-order valence-corrected chi connectivity index (χ3v) is 6.35. The first-order valence-corrected chi connectivity index (χ1v) is 12.7. The van der Waals surface area contributed by atoms with Gasteiger partial charge in [-0.05, 0) is 42.2 Å². The molecule has 1 aliphatic rings. The molecule has 206 valence electrons. The highest BCUT2D eigenvalue weighted by Crippen LogP contribution is 2.46. The summed E-state index contributed by atoms with van der Waals surface area (Å²) in [6.45, 7) is 4.72. The Kier molecular flexibility index (Phi) is 10.5. The van der Waals surface area contributed by atoms with E-state index in [2.05, 4.69) is 12.0 Å². The van der Waals surface area contributed by atoms with Crippen LogP contribution < -0.4 is 23.7 Å². The molecule has 0 spiro atoms. The van der Waals surface area contributed by atoms with Crippen molar-refractivity contribution in [3.05, 3.63) is 41.0 Å². The summed E-state index contributed by atoms with van der Waals surface area (Å²) in [5.74, 6) is 5.41. The Morgan fingerprint density at radius 2 is 1.61 bits per heavy atom. The molecule has 2 unspecified atom stereocenters. The van der Waals surface area contributed by atoms with Gasteiger partial charge in [0.05, 0.1) is 47.8 Å². The molecule has 2 atom stereocenters. The highest BCUT2D eigenvalue weighted by atomic mass is 16.5. The number of amides is 1. The standard InChI is InChI=1S/C29H37NO8/c1-7-12-37-28-19(10-9-11-30(32)27(31)8-2)13-20(14-24(28)33-3)22-17-23(38-18-22)21-15-25(34-4)29(36-6)26(16-21)35-5/h13-16,22-23,32H,7-8,10,12,17-18H2,1-6H3. The number of carbonyl (C=O) groups excluding carboxylic acids is 1. The molecule has 9 nitrogen and oxygen atoms in total. The molecule has 1 N–H and O–H groups in total. The molecule has 1 fully saturated rings. The van der Waals surface area contributed by atoms with Crippen LogP contribution in [0.15, 0.2) is 24.3 Å². The summed E-state index contributed by atoms with van der Waals surface area (Å²) in [7, 11) is 6.36. The van der Waals surface area contributed by atoms with E-state index >= 15 is 0 Å². The fraction of sp³-hybridized carbons (Fsp3) is 0.483. The van der Waals surface area contributed by atoms with Crippen LogP contribution in [0.2, 0.25) is 0 Å². The lowest BCUT2D eigenvalue weighted by atomic mass is 9.91. The van der Waals surface area contributed by atoms with Crippen LogP contribution in [-0.2, 0) is 16.0 Å². The summed E-state index contributed by atoms with van der Waals surface area (Å²) in [5, 5.41) is 10.2. The molecule has 1 saturated heterocycles. The zero-order valence-electron chi connectivity index (χ0n) is 23.0. The van der Waals surface area contributed by atoms with Gasteiger partial charge in [0.2, 0.25) is 5.75 Å². The summed E-state index contributed by atoms with van der Waals surface area (Å²) in [5.41, 5.74) is 2.78. The number of hydrogen-bond acceptors (Lipinski definition) is 8. The van der Waals surface area contributed by atoms with E-state index in [1.165, 1.54) is 0 Å². The van der Waals surface area contributed by atoms with Crippen molar-refractivity contribution in [1.29, 1.82) is 0 Å². The molecule has 0 bridgehead atoms. The predicted octanol–water partition coefficient (Wildman–Crippen LogP) is 4.89. The monoisotopic (exact) mass is 527 g/mol. The van der Waals surface area contributed by atoms with Gasteiger partial charge >= 0.3 is 0 Å². The van der Waals surface area contributed by atoms with Crippen LogP contribution in [0.3, 0.4) is 0 Å². The molecule has 1 amide bonds. The number of nitrogens with zero attached hydrogens (tertiary/aromatic N) is 1. The molecule has 2 aromatic rings. The second kappa shape index (κ2) is 13.8. The van der Waals surface area contributed by atoms with E-state index in [0.717, 1.165) is 29.5 Å². The van der Waals surface area contributed by atoms with Crippen molar-refractivity contribution in [2.75, 3.05) is 41.7 Å². The van der Waals surface area contributed by atoms with E-state index in [1.807, 2.05) is 31.2 Å². The summed E-state index contributed by atoms with van der Waals surface area (Å²) in [6.07, 6.45) is 1.83. The van der Waals surface area contributed by atoms with Gasteiger partial charge in [0.25, 0.3) is 5.91 Å². The molecule has 2 aromatic carbocycles. The number of rotatable bonds is 11. The topological polar surface area (TPSA) is 95.9 Å². The minimum absolute atomic E-state index is 0.0935. The minimum atomic E-state index is -0.466. The fourth-order valence-electron chi connectivity index (χ4n) is 4.37. The van der Waals surface area contributed by atoms with Crippen LogP contribution in [0.5, 0.6) is 28.7 Å². The van der Waals surface area contributed by atoms with Crippen LogP contribution in [-0.4, -0.2) is 57.8 Å². The Morgan fingerprint density at radius 3 is 2.18 bits per heavy atom. The lowest BCUT2D eigenvalue weighted by molar-refractivity contribution is -0.151. The molecule has 38 heavy (non-hydrogen) atoms. The molecule has 0 aliphatic carbocycles. The summed E-state index contributed by atoms with van der Waals surface area (Å²) in [6, 6.07) is 10.3. The van der Waals surface area contributed by atoms with Gasteiger partial charge in [-0.25, -0.2) is 0 Å². The van der Waals surface area contributed by atoms with Gasteiger partial charge in [-0.2, -0.15) is 0 Å². The van der Waals surface area contributed by atoms with Gasteiger partial charge in [-0.3, -0.25) is 10.0 Å². The van der Waals surface area contributed by atoms with E-state index in [-0.39, 0.29) is 24.9 Å². The number of carbonyl (C=O) groups is 1. The van der Waals surface area contributed by atoms with Crippen molar-refractivity contribution in [2.45, 2.75) is 51.6 Å². The molecular formula is C29H37NO8. The van der Waals surface area contributed by atoms with E-state index in [4.69, 9.17) is 28.4 Å². The van der Waals surface area contributed by atoms with E-state index in [1.54, 1.807) is 35.4 Å². The van der Waals surface area contributed by atoms with Crippen molar-refractivity contribution in [3.8, 4) is 40.7 Å². The van der Waals surface area contributed by atoms with Crippen LogP contribution in [0, 0.1) is 12.0 Å². The van der Waals surface area contributed by atoms with Gasteiger partial charge in [0.1, 0.15) is 0 Å². The Morgan fingerprint density at radius 1 is 0.974 bits per heavy atom. The van der Waals surface area contributed by atoms with Crippen LogP contribution in [0.25, 0.3) is 0 Å². The number of hydrogen-bond donors (Lipinski definition) is 1. The lowest BCUT2D eigenvalue weighted by Gasteiger charge is -2.18. The first kappa shape index (κ1) is 29.0. The third kappa shape index (κ3) is 6.63. The first-order chi connectivity index (χ1) is 18.4. The molecular weight excluding hydrogens is 490 g/mol. The van der Waals surface area contributed by atoms with Gasteiger partial charge in [-0.1, -0.05) is 25.8 Å². The van der Waals surface area contributed by atoms with Crippen molar-refractivity contribution >= 4 is 5.91 Å². The van der Waals surface area contributed by atoms with E-state index in [9.17, 15) is 10.0 Å². The van der Waals surface area contributed by atoms with Crippen molar-refractivity contribution in [1.82, 2.24) is 5.06 Å². The van der Waals surface area contributed by atoms with Crippen molar-refractivity contribution in [2.24, 2.45) is 0 Å². The summed E-state index contributed by atoms with van der Waals surface area (Å²) in [4.78, 5) is 11.6. The smallest absolute Gasteiger partial charge is 0.257 e. The molecule has 3 rings (SSSR count). The maximum Gasteiger partial charge on any atom is 0.257 e. The molecule has 0 radical (unpaired) electrons. The van der Waals surface area contributed by atoms with Crippen LogP contribution in [0.1, 0.15) is 61.8 Å². The Labute approximate surface area is 224 Å². The Bertz CT molecular complexity index is 1140. The van der Waals surface area contributed by atoms with E-state index < -0.39 is 5.91 Å². The number of ether oxygens (including phenoxy) is 6. The Hall–Kier alpha value is -3.61. The normalized spacial score (nSPS) is 16.3. The average Bonchev–Trinajstić information content (AvgIpc) is 3.45. The van der Waals surface area contributed by atoms with E-state index in [0.29, 0.717) is 47.0 Å². The van der Waals surface area contributed by atoms with Crippen LogP contribution in [0.4, 0.5) is 0 Å². The number of methoxy groups -OCH3 is 4. The number of benzene rings is 2. The second-order valence-corrected chi connectivity index (χ2v) is 8.80. The maximum atomic E-state index is 11.6. The maximum absolute atomic E-state index is 11.6. The zero-order valence-corrected chi connectivity index (χ0v) is 23.0. The second-order valence-electron chi connectivity index (χ2n) is 8.80. The van der Waals surface area contributed by atoms with Crippen LogP contribution >= 0.6 is 0 Å². The molecule has 0 aromatic heterocycles. The SMILES string of the molecule is CCCOc1c(CC#CN(O)C(=O)CC)cc(C2COC(c3cc(OC)c(OC)c(OC)c3)C2)cc1OC. The lowest BCUT2D eigenvalue weighted by Crippen LogP contribution is -2.20. The zero-order chi connectivity index (χ0) is 27.7. The summed E-state index contributed by atoms with van der Waals surface area (Å²) >= 11 is 0. The number of hydroxylamine groups is 2. The van der Waals surface area contributed by atoms with Gasteiger partial charge in [0.15, 0.2) is 23.0 Å². The predicted molar refractivity (Wildman–Crippen MR) is 141 cm³/mol. The first-order valence-electron chi connectivity index (χ1n) is 12.7. The average molecular weight is 528 g/mol. The summed E-state index contributed by atoms with van der Waals surface area (Å²) < 4.78 is 34.4. The third-order valence-electron chi connectivity index (χ3n) is 6.35.